The largest absolute Gasteiger partial charge is 0.416 e. The van der Waals surface area contributed by atoms with Gasteiger partial charge in [0.05, 0.1) is 42.2 Å². The van der Waals surface area contributed by atoms with E-state index in [2.05, 4.69) is 10.2 Å². The number of anilines is 1. The third kappa shape index (κ3) is 5.41. The maximum absolute atomic E-state index is 12.9. The minimum absolute atomic E-state index is 0.0417. The number of hydrazone groups is 1. The van der Waals surface area contributed by atoms with Crippen LogP contribution in [0.1, 0.15) is 23.6 Å². The molecule has 0 radical (unpaired) electrons. The Hall–Kier alpha value is -2.49. The van der Waals surface area contributed by atoms with Crippen LogP contribution in [0.15, 0.2) is 39.2 Å². The van der Waals surface area contributed by atoms with E-state index in [0.29, 0.717) is 40.3 Å². The second-order valence-corrected chi connectivity index (χ2v) is 8.57. The van der Waals surface area contributed by atoms with Gasteiger partial charge >= 0.3 is 6.18 Å². The molecule has 0 spiro atoms. The molecule has 3 rings (SSSR count). The van der Waals surface area contributed by atoms with Crippen LogP contribution in [0.2, 0.25) is 0 Å². The minimum atomic E-state index is -4.51. The summed E-state index contributed by atoms with van der Waals surface area (Å²) in [4.78, 5) is 13.2. The quantitative estimate of drug-likeness (QED) is 0.593. The number of nitrogens with zero attached hydrogens (tertiary/aromatic N) is 5. The maximum Gasteiger partial charge on any atom is 0.416 e. The van der Waals surface area contributed by atoms with Crippen LogP contribution in [-0.4, -0.2) is 34.4 Å². The van der Waals surface area contributed by atoms with Crippen LogP contribution >= 0.6 is 23.5 Å². The average molecular weight is 470 g/mol. The number of nitriles is 1. The van der Waals surface area contributed by atoms with Gasteiger partial charge in [0.1, 0.15) is 4.90 Å². The fourth-order valence-electron chi connectivity index (χ4n) is 2.71. The van der Waals surface area contributed by atoms with Crippen molar-refractivity contribution >= 4 is 33.6 Å². The van der Waals surface area contributed by atoms with E-state index in [1.165, 1.54) is 39.3 Å². The standard InChI is InChI=1S/C19H18F3N5O2S2/c1-3-29-7-6-27-17(28)16-15(10-24-27)26(2)25-18(31-16)30-11-12-4-5-14(19(20,21)22)8-13(12)9-23/h4-5,8,10H,3,6-7,11H2,1-2H3. The van der Waals surface area contributed by atoms with Gasteiger partial charge in [-0.25, -0.2) is 4.68 Å². The van der Waals surface area contributed by atoms with Gasteiger partial charge in [-0.15, -0.1) is 0 Å². The number of rotatable bonds is 6. The summed E-state index contributed by atoms with van der Waals surface area (Å²) in [7, 11) is 1.68. The highest BCUT2D eigenvalue weighted by Gasteiger charge is 2.31. The topological polar surface area (TPSA) is 83.5 Å². The van der Waals surface area contributed by atoms with Gasteiger partial charge in [0, 0.05) is 19.4 Å². The van der Waals surface area contributed by atoms with Gasteiger partial charge < -0.3 is 4.74 Å². The highest BCUT2D eigenvalue weighted by molar-refractivity contribution is 8.38. The third-order valence-corrected chi connectivity index (χ3v) is 6.54. The first-order valence-electron chi connectivity index (χ1n) is 9.15. The van der Waals surface area contributed by atoms with E-state index in [1.807, 2.05) is 13.0 Å². The average Bonchev–Trinajstić information content (AvgIpc) is 2.73. The molecular formula is C19H18F3N5O2S2. The van der Waals surface area contributed by atoms with Crippen molar-refractivity contribution in [1.29, 1.82) is 5.26 Å². The molecule has 0 atom stereocenters. The van der Waals surface area contributed by atoms with Crippen LogP contribution in [0.4, 0.5) is 18.9 Å². The molecular weight excluding hydrogens is 451 g/mol. The Labute approximate surface area is 184 Å². The summed E-state index contributed by atoms with van der Waals surface area (Å²) in [6, 6.07) is 4.91. The molecule has 1 aromatic carbocycles. The highest BCUT2D eigenvalue weighted by atomic mass is 32.2. The zero-order valence-corrected chi connectivity index (χ0v) is 18.3. The molecule has 0 bridgehead atoms. The van der Waals surface area contributed by atoms with E-state index in [4.69, 9.17) is 4.74 Å². The predicted molar refractivity (Wildman–Crippen MR) is 114 cm³/mol. The van der Waals surface area contributed by atoms with Crippen molar-refractivity contribution < 1.29 is 17.9 Å². The number of benzene rings is 1. The fourth-order valence-corrected chi connectivity index (χ4v) is 4.90. The molecule has 12 heteroatoms. The molecule has 2 aromatic rings. The third-order valence-electron chi connectivity index (χ3n) is 4.31. The number of hydrogen-bond acceptors (Lipinski definition) is 8. The molecule has 1 aromatic heterocycles. The van der Waals surface area contributed by atoms with Crippen molar-refractivity contribution in [3.63, 3.8) is 0 Å². The molecule has 2 heterocycles. The molecule has 7 nitrogen and oxygen atoms in total. The molecule has 0 unspecified atom stereocenters. The van der Waals surface area contributed by atoms with Gasteiger partial charge in [-0.1, -0.05) is 29.6 Å². The number of ether oxygens (including phenoxy) is 1. The van der Waals surface area contributed by atoms with Gasteiger partial charge in [-0.2, -0.15) is 28.6 Å². The Kier molecular flexibility index (Phi) is 7.30. The van der Waals surface area contributed by atoms with Crippen molar-refractivity contribution in [3.05, 3.63) is 51.4 Å². The molecule has 31 heavy (non-hydrogen) atoms. The van der Waals surface area contributed by atoms with Crippen molar-refractivity contribution in [3.8, 4) is 6.07 Å². The first-order chi connectivity index (χ1) is 14.7. The van der Waals surface area contributed by atoms with E-state index in [9.17, 15) is 23.2 Å². The molecule has 0 saturated carbocycles. The molecule has 0 saturated heterocycles. The zero-order valence-electron chi connectivity index (χ0n) is 16.6. The molecule has 0 N–H and O–H groups in total. The fraction of sp³-hybridized carbons (Fsp3) is 0.368. The number of hydrogen-bond donors (Lipinski definition) is 0. The van der Waals surface area contributed by atoms with Gasteiger partial charge in [-0.05, 0) is 24.6 Å². The van der Waals surface area contributed by atoms with E-state index in [0.717, 1.165) is 12.1 Å². The van der Waals surface area contributed by atoms with Gasteiger partial charge in [-0.3, -0.25) is 9.80 Å². The SMILES string of the molecule is CCOCCn1ncc2c(c1=O)SC(SCc1ccc(C(F)(F)F)cc1C#N)=NN2C. The maximum atomic E-state index is 12.9. The van der Waals surface area contributed by atoms with E-state index in [-0.39, 0.29) is 16.9 Å². The van der Waals surface area contributed by atoms with Gasteiger partial charge in [0.2, 0.25) is 0 Å². The number of alkyl halides is 3. The normalized spacial score (nSPS) is 13.5. The lowest BCUT2D eigenvalue weighted by Gasteiger charge is -2.23. The molecule has 1 aliphatic heterocycles. The van der Waals surface area contributed by atoms with Crippen LogP contribution < -0.4 is 10.6 Å². The van der Waals surface area contributed by atoms with Crippen molar-refractivity contribution in [2.24, 2.45) is 5.10 Å². The van der Waals surface area contributed by atoms with E-state index in [1.54, 1.807) is 13.2 Å². The monoisotopic (exact) mass is 469 g/mol. The lowest BCUT2D eigenvalue weighted by Crippen LogP contribution is -2.30. The van der Waals surface area contributed by atoms with Crippen molar-refractivity contribution in [1.82, 2.24) is 9.78 Å². The summed E-state index contributed by atoms with van der Waals surface area (Å²) >= 11 is 2.42. The summed E-state index contributed by atoms with van der Waals surface area (Å²) in [5, 5.41) is 19.3. The lowest BCUT2D eigenvalue weighted by atomic mass is 10.1. The Morgan fingerprint density at radius 2 is 2.13 bits per heavy atom. The number of thioether (sulfide) groups is 2. The minimum Gasteiger partial charge on any atom is -0.380 e. The second kappa shape index (κ2) is 9.76. The zero-order chi connectivity index (χ0) is 22.6. The highest BCUT2D eigenvalue weighted by Crippen LogP contribution is 2.37. The Balaban J connectivity index is 1.76. The van der Waals surface area contributed by atoms with Crippen LogP contribution in [0.25, 0.3) is 0 Å². The van der Waals surface area contributed by atoms with Gasteiger partial charge in [0.25, 0.3) is 5.56 Å². The summed E-state index contributed by atoms with van der Waals surface area (Å²) < 4.78 is 45.8. The summed E-state index contributed by atoms with van der Waals surface area (Å²) in [5.41, 5.74) is -0.148. The Morgan fingerprint density at radius 1 is 1.35 bits per heavy atom. The first-order valence-corrected chi connectivity index (χ1v) is 11.0. The number of aromatic nitrogens is 2. The van der Waals surface area contributed by atoms with E-state index < -0.39 is 11.7 Å². The molecule has 164 valence electrons. The smallest absolute Gasteiger partial charge is 0.380 e. The summed E-state index contributed by atoms with van der Waals surface area (Å²) in [5.74, 6) is 0.236. The first kappa shape index (κ1) is 23.2. The molecule has 0 fully saturated rings. The van der Waals surface area contributed by atoms with Crippen LogP contribution in [0.5, 0.6) is 0 Å². The van der Waals surface area contributed by atoms with E-state index >= 15 is 0 Å². The van der Waals surface area contributed by atoms with Crippen LogP contribution in [0, 0.1) is 11.3 Å². The number of halogens is 3. The number of fused-ring (bicyclic) bond motifs is 1. The van der Waals surface area contributed by atoms with Gasteiger partial charge in [0.15, 0.2) is 4.38 Å². The van der Waals surface area contributed by atoms with Crippen molar-refractivity contribution in [2.45, 2.75) is 30.3 Å². The molecule has 1 aliphatic rings. The Bertz CT molecular complexity index is 1100. The van der Waals surface area contributed by atoms with Crippen LogP contribution in [0.3, 0.4) is 0 Å². The molecule has 0 aliphatic carbocycles. The molecule has 0 amide bonds. The summed E-state index contributed by atoms with van der Waals surface area (Å²) in [6.07, 6.45) is -2.95. The summed E-state index contributed by atoms with van der Waals surface area (Å²) in [6.45, 7) is 3.09. The second-order valence-electron chi connectivity index (χ2n) is 6.35. The lowest BCUT2D eigenvalue weighted by molar-refractivity contribution is -0.137. The predicted octanol–water partition coefficient (Wildman–Crippen LogP) is 3.92. The Morgan fingerprint density at radius 3 is 2.81 bits per heavy atom. The van der Waals surface area contributed by atoms with Crippen molar-refractivity contribution in [2.75, 3.05) is 25.3 Å². The van der Waals surface area contributed by atoms with Crippen LogP contribution in [-0.2, 0) is 23.2 Å².